The molecule has 2 atom stereocenters. The van der Waals surface area contributed by atoms with Crippen molar-refractivity contribution in [1.82, 2.24) is 0 Å². The van der Waals surface area contributed by atoms with Gasteiger partial charge in [0.15, 0.2) is 0 Å². The van der Waals surface area contributed by atoms with E-state index in [0.717, 1.165) is 12.8 Å². The monoisotopic (exact) mass is 170 g/mol. The Morgan fingerprint density at radius 2 is 2.50 bits per heavy atom. The molecular formula is C9H14O3. The van der Waals surface area contributed by atoms with E-state index in [0.29, 0.717) is 11.8 Å². The molecule has 0 aromatic heterocycles. The zero-order valence-corrected chi connectivity index (χ0v) is 7.19. The summed E-state index contributed by atoms with van der Waals surface area (Å²) in [4.78, 5) is 10.7. The topological polar surface area (TPSA) is 46.5 Å². The summed E-state index contributed by atoms with van der Waals surface area (Å²) in [6.07, 6.45) is 5.26. The Labute approximate surface area is 72.0 Å². The fourth-order valence-corrected chi connectivity index (χ4v) is 1.27. The number of ether oxygens (including phenoxy) is 1. The second-order valence-corrected chi connectivity index (χ2v) is 3.05. The van der Waals surface area contributed by atoms with Gasteiger partial charge in [0.2, 0.25) is 0 Å². The van der Waals surface area contributed by atoms with Crippen molar-refractivity contribution in [2.75, 3.05) is 13.7 Å². The van der Waals surface area contributed by atoms with Crippen molar-refractivity contribution >= 4 is 5.97 Å². The quantitative estimate of drug-likeness (QED) is 0.500. The predicted octanol–water partition coefficient (Wildman–Crippen LogP) is 0.734. The van der Waals surface area contributed by atoms with Crippen molar-refractivity contribution < 1.29 is 14.6 Å². The highest BCUT2D eigenvalue weighted by Crippen LogP contribution is 2.41. The largest absolute Gasteiger partial charge is 0.466 e. The van der Waals surface area contributed by atoms with Gasteiger partial charge in [0.1, 0.15) is 0 Å². The lowest BCUT2D eigenvalue weighted by Gasteiger charge is -1.90. The number of carbonyl (C=O) groups is 1. The highest BCUT2D eigenvalue weighted by molar-refractivity contribution is 5.81. The van der Waals surface area contributed by atoms with Gasteiger partial charge in [0.25, 0.3) is 0 Å². The van der Waals surface area contributed by atoms with E-state index in [2.05, 4.69) is 4.74 Å². The summed E-state index contributed by atoms with van der Waals surface area (Å²) >= 11 is 0. The molecule has 0 heterocycles. The van der Waals surface area contributed by atoms with Crippen LogP contribution in [0.3, 0.4) is 0 Å². The lowest BCUT2D eigenvalue weighted by Crippen LogP contribution is -1.94. The van der Waals surface area contributed by atoms with Gasteiger partial charge in [0.05, 0.1) is 7.11 Å². The van der Waals surface area contributed by atoms with E-state index in [1.54, 1.807) is 0 Å². The molecule has 3 nitrogen and oxygen atoms in total. The van der Waals surface area contributed by atoms with E-state index in [-0.39, 0.29) is 12.6 Å². The molecule has 3 heteroatoms. The molecule has 1 rings (SSSR count). The summed E-state index contributed by atoms with van der Waals surface area (Å²) in [5.41, 5.74) is 0. The Balaban J connectivity index is 2.18. The summed E-state index contributed by atoms with van der Waals surface area (Å²) in [5.74, 6) is 0.761. The van der Waals surface area contributed by atoms with Crippen LogP contribution in [-0.2, 0) is 9.53 Å². The molecule has 0 radical (unpaired) electrons. The smallest absolute Gasteiger partial charge is 0.330 e. The maximum Gasteiger partial charge on any atom is 0.330 e. The van der Waals surface area contributed by atoms with Crippen molar-refractivity contribution in [3.8, 4) is 0 Å². The Hall–Kier alpha value is -0.830. The molecule has 12 heavy (non-hydrogen) atoms. The lowest BCUT2D eigenvalue weighted by atomic mass is 10.2. The average Bonchev–Trinajstić information content (AvgIpc) is 2.80. The van der Waals surface area contributed by atoms with E-state index >= 15 is 0 Å². The standard InChI is InChI=1S/C9H14O3/c1-12-9(11)3-2-7-6-8(7)4-5-10/h2-3,7-8,10H,4-6H2,1H3/b3-2+. The van der Waals surface area contributed by atoms with Gasteiger partial charge in [-0.05, 0) is 24.7 Å². The Morgan fingerprint density at radius 3 is 3.08 bits per heavy atom. The van der Waals surface area contributed by atoms with Crippen LogP contribution in [0.15, 0.2) is 12.2 Å². The summed E-state index contributed by atoms with van der Waals surface area (Å²) < 4.78 is 4.45. The molecule has 0 aromatic rings. The van der Waals surface area contributed by atoms with Gasteiger partial charge in [0, 0.05) is 12.7 Å². The first-order valence-electron chi connectivity index (χ1n) is 4.15. The SMILES string of the molecule is COC(=O)/C=C/C1CC1CCO. The Morgan fingerprint density at radius 1 is 1.75 bits per heavy atom. The van der Waals surface area contributed by atoms with Crippen LogP contribution >= 0.6 is 0 Å². The molecule has 68 valence electrons. The molecule has 0 aromatic carbocycles. The summed E-state index contributed by atoms with van der Waals surface area (Å²) in [7, 11) is 1.37. The van der Waals surface area contributed by atoms with Gasteiger partial charge in [-0.1, -0.05) is 6.08 Å². The number of esters is 1. The summed E-state index contributed by atoms with van der Waals surface area (Å²) in [6, 6.07) is 0. The van der Waals surface area contributed by atoms with Crippen LogP contribution in [0.2, 0.25) is 0 Å². The van der Waals surface area contributed by atoms with Crippen LogP contribution < -0.4 is 0 Å². The van der Waals surface area contributed by atoms with E-state index in [1.807, 2.05) is 6.08 Å². The first-order chi connectivity index (χ1) is 5.77. The maximum absolute atomic E-state index is 10.7. The molecule has 1 fully saturated rings. The van der Waals surface area contributed by atoms with Crippen LogP contribution in [0.25, 0.3) is 0 Å². The van der Waals surface area contributed by atoms with Crippen molar-refractivity contribution in [2.45, 2.75) is 12.8 Å². The van der Waals surface area contributed by atoms with Crippen LogP contribution in [0.1, 0.15) is 12.8 Å². The average molecular weight is 170 g/mol. The van der Waals surface area contributed by atoms with Crippen LogP contribution in [0.4, 0.5) is 0 Å². The second kappa shape index (κ2) is 4.26. The molecule has 1 saturated carbocycles. The molecule has 0 saturated heterocycles. The van der Waals surface area contributed by atoms with Crippen molar-refractivity contribution in [1.29, 1.82) is 0 Å². The van der Waals surface area contributed by atoms with Gasteiger partial charge in [-0.2, -0.15) is 0 Å². The number of allylic oxidation sites excluding steroid dienone is 1. The zero-order chi connectivity index (χ0) is 8.97. The minimum Gasteiger partial charge on any atom is -0.466 e. The molecular weight excluding hydrogens is 156 g/mol. The fourth-order valence-electron chi connectivity index (χ4n) is 1.27. The minimum absolute atomic E-state index is 0.243. The third-order valence-electron chi connectivity index (χ3n) is 2.16. The van der Waals surface area contributed by atoms with E-state index in [4.69, 9.17) is 5.11 Å². The van der Waals surface area contributed by atoms with Crippen LogP contribution in [0, 0.1) is 11.8 Å². The van der Waals surface area contributed by atoms with E-state index in [9.17, 15) is 4.79 Å². The fraction of sp³-hybridized carbons (Fsp3) is 0.667. The first-order valence-corrected chi connectivity index (χ1v) is 4.15. The van der Waals surface area contributed by atoms with Crippen molar-refractivity contribution in [2.24, 2.45) is 11.8 Å². The minimum atomic E-state index is -0.301. The number of hydrogen-bond acceptors (Lipinski definition) is 3. The number of aliphatic hydroxyl groups excluding tert-OH is 1. The van der Waals surface area contributed by atoms with Crippen molar-refractivity contribution in [3.63, 3.8) is 0 Å². The molecule has 0 amide bonds. The summed E-state index contributed by atoms with van der Waals surface area (Å²) in [6.45, 7) is 0.243. The van der Waals surface area contributed by atoms with Crippen molar-refractivity contribution in [3.05, 3.63) is 12.2 Å². The number of aliphatic hydroxyl groups is 1. The van der Waals surface area contributed by atoms with E-state index < -0.39 is 0 Å². The van der Waals surface area contributed by atoms with Gasteiger partial charge < -0.3 is 9.84 Å². The van der Waals surface area contributed by atoms with Gasteiger partial charge in [-0.25, -0.2) is 4.79 Å². The number of hydrogen-bond donors (Lipinski definition) is 1. The van der Waals surface area contributed by atoms with Crippen LogP contribution in [0.5, 0.6) is 0 Å². The first kappa shape index (κ1) is 9.26. The maximum atomic E-state index is 10.7. The molecule has 0 aliphatic heterocycles. The predicted molar refractivity (Wildman–Crippen MR) is 44.5 cm³/mol. The Kier molecular flexibility index (Phi) is 3.29. The molecule has 1 N–H and O–H groups in total. The van der Waals surface area contributed by atoms with Gasteiger partial charge >= 0.3 is 5.97 Å². The molecule has 1 aliphatic carbocycles. The highest BCUT2D eigenvalue weighted by atomic mass is 16.5. The number of rotatable bonds is 4. The highest BCUT2D eigenvalue weighted by Gasteiger charge is 2.33. The number of carbonyl (C=O) groups excluding carboxylic acids is 1. The molecule has 1 aliphatic rings. The Bertz CT molecular complexity index is 186. The molecule has 2 unspecified atom stereocenters. The van der Waals surface area contributed by atoms with E-state index in [1.165, 1.54) is 13.2 Å². The van der Waals surface area contributed by atoms with Gasteiger partial charge in [-0.3, -0.25) is 0 Å². The normalized spacial score (nSPS) is 27.5. The summed E-state index contributed by atoms with van der Waals surface area (Å²) in [5, 5.41) is 8.60. The third kappa shape index (κ3) is 2.66. The number of methoxy groups -OCH3 is 1. The third-order valence-corrected chi connectivity index (χ3v) is 2.16. The lowest BCUT2D eigenvalue weighted by molar-refractivity contribution is -0.134. The van der Waals surface area contributed by atoms with Crippen LogP contribution in [-0.4, -0.2) is 24.8 Å². The second-order valence-electron chi connectivity index (χ2n) is 3.05. The zero-order valence-electron chi connectivity index (χ0n) is 7.19. The van der Waals surface area contributed by atoms with Gasteiger partial charge in [-0.15, -0.1) is 0 Å². The molecule has 0 spiro atoms. The molecule has 0 bridgehead atoms.